The summed E-state index contributed by atoms with van der Waals surface area (Å²) < 4.78 is 5.71. The zero-order valence-corrected chi connectivity index (χ0v) is 11.6. The van der Waals surface area contributed by atoms with Gasteiger partial charge in [0.25, 0.3) is 0 Å². The predicted octanol–water partition coefficient (Wildman–Crippen LogP) is 1.84. The smallest absolute Gasteiger partial charge is 0.194 e. The van der Waals surface area contributed by atoms with Crippen LogP contribution in [0.3, 0.4) is 0 Å². The molecule has 1 aromatic heterocycles. The number of hydrogen-bond acceptors (Lipinski definition) is 4. The molecule has 1 unspecified atom stereocenters. The summed E-state index contributed by atoms with van der Waals surface area (Å²) in [4.78, 5) is 6.91. The molecule has 0 amide bonds. The molecule has 1 aromatic rings. The van der Waals surface area contributed by atoms with Crippen LogP contribution in [0.25, 0.3) is 0 Å². The number of nitrogens with two attached hydrogens (primary N) is 1. The number of oxazole rings is 1. The van der Waals surface area contributed by atoms with Crippen LogP contribution in [-0.2, 0) is 12.8 Å². The lowest BCUT2D eigenvalue weighted by Gasteiger charge is -2.35. The van der Waals surface area contributed by atoms with E-state index in [0.717, 1.165) is 24.5 Å². The Bertz CT molecular complexity index is 362. The van der Waals surface area contributed by atoms with Gasteiger partial charge in [-0.05, 0) is 45.7 Å². The van der Waals surface area contributed by atoms with E-state index in [-0.39, 0.29) is 0 Å². The van der Waals surface area contributed by atoms with Crippen LogP contribution in [-0.4, -0.2) is 35.6 Å². The van der Waals surface area contributed by atoms with Crippen molar-refractivity contribution in [3.63, 3.8) is 0 Å². The molecule has 0 radical (unpaired) electrons. The van der Waals surface area contributed by atoms with Gasteiger partial charge in [-0.3, -0.25) is 0 Å². The molecule has 4 heteroatoms. The Morgan fingerprint density at radius 2 is 2.39 bits per heavy atom. The Hall–Kier alpha value is -0.870. The summed E-state index contributed by atoms with van der Waals surface area (Å²) in [5.41, 5.74) is 5.51. The maximum Gasteiger partial charge on any atom is 0.194 e. The molecule has 0 aliphatic carbocycles. The first kappa shape index (κ1) is 13.6. The zero-order valence-electron chi connectivity index (χ0n) is 11.6. The van der Waals surface area contributed by atoms with Crippen LogP contribution in [0.5, 0.6) is 0 Å². The molecule has 102 valence electrons. The molecule has 1 fully saturated rings. The summed E-state index contributed by atoms with van der Waals surface area (Å²) in [6.07, 6.45) is 6.16. The van der Waals surface area contributed by atoms with Crippen LogP contribution in [0.1, 0.15) is 38.3 Å². The van der Waals surface area contributed by atoms with Gasteiger partial charge in [0.15, 0.2) is 5.89 Å². The van der Waals surface area contributed by atoms with Crippen LogP contribution in [0, 0.1) is 5.92 Å². The molecular weight excluding hydrogens is 226 g/mol. The minimum Gasteiger partial charge on any atom is -0.446 e. The lowest BCUT2D eigenvalue weighted by Crippen LogP contribution is -2.40. The van der Waals surface area contributed by atoms with E-state index in [1.54, 1.807) is 0 Å². The summed E-state index contributed by atoms with van der Waals surface area (Å²) in [5, 5.41) is 0. The fourth-order valence-electron chi connectivity index (χ4n) is 2.68. The summed E-state index contributed by atoms with van der Waals surface area (Å²) in [6, 6.07) is 0.644. The molecule has 2 rings (SSSR count). The number of aromatic nitrogens is 1. The van der Waals surface area contributed by atoms with E-state index in [1.165, 1.54) is 25.9 Å². The van der Waals surface area contributed by atoms with Crippen LogP contribution in [0.2, 0.25) is 0 Å². The van der Waals surface area contributed by atoms with Gasteiger partial charge in [0.2, 0.25) is 0 Å². The second-order valence-electron chi connectivity index (χ2n) is 5.56. The molecule has 4 nitrogen and oxygen atoms in total. The van der Waals surface area contributed by atoms with Crippen molar-refractivity contribution < 1.29 is 4.42 Å². The molecule has 0 saturated carbocycles. The largest absolute Gasteiger partial charge is 0.446 e. The zero-order chi connectivity index (χ0) is 13.0. The average molecular weight is 251 g/mol. The topological polar surface area (TPSA) is 55.3 Å². The Morgan fingerprint density at radius 1 is 1.56 bits per heavy atom. The summed E-state index contributed by atoms with van der Waals surface area (Å²) in [6.45, 7) is 7.57. The van der Waals surface area contributed by atoms with Crippen LogP contribution in [0.4, 0.5) is 0 Å². The Kier molecular flexibility index (Phi) is 4.78. The Morgan fingerprint density at radius 3 is 3.11 bits per heavy atom. The maximum absolute atomic E-state index is 5.71. The highest BCUT2D eigenvalue weighted by Gasteiger charge is 2.23. The molecule has 0 spiro atoms. The van der Waals surface area contributed by atoms with Crippen molar-refractivity contribution >= 4 is 0 Å². The molecule has 1 saturated heterocycles. The highest BCUT2D eigenvalue weighted by molar-refractivity contribution is 4.96. The fourth-order valence-corrected chi connectivity index (χ4v) is 2.68. The van der Waals surface area contributed by atoms with Gasteiger partial charge in [-0.1, -0.05) is 0 Å². The SMILES string of the molecule is CC(C)N1CCCC(Cc2ncc(CCN)o2)C1. The molecule has 1 atom stereocenters. The maximum atomic E-state index is 5.71. The number of nitrogens with zero attached hydrogens (tertiary/aromatic N) is 2. The average Bonchev–Trinajstić information content (AvgIpc) is 2.77. The fraction of sp³-hybridized carbons (Fsp3) is 0.786. The molecular formula is C14H25N3O. The standard InChI is InChI=1S/C14H25N3O/c1-11(2)17-7-3-4-12(10-17)8-14-16-9-13(18-14)5-6-15/h9,11-12H,3-8,10,15H2,1-2H3. The molecule has 2 heterocycles. The van der Waals surface area contributed by atoms with E-state index in [4.69, 9.17) is 10.2 Å². The van der Waals surface area contributed by atoms with Gasteiger partial charge in [-0.25, -0.2) is 4.98 Å². The number of hydrogen-bond donors (Lipinski definition) is 1. The lowest BCUT2D eigenvalue weighted by molar-refractivity contribution is 0.136. The highest BCUT2D eigenvalue weighted by Crippen LogP contribution is 2.22. The van der Waals surface area contributed by atoms with Gasteiger partial charge < -0.3 is 15.1 Å². The van der Waals surface area contributed by atoms with Crippen molar-refractivity contribution in [2.75, 3.05) is 19.6 Å². The van der Waals surface area contributed by atoms with Crippen molar-refractivity contribution in [3.8, 4) is 0 Å². The first-order valence-corrected chi connectivity index (χ1v) is 7.06. The van der Waals surface area contributed by atoms with E-state index < -0.39 is 0 Å². The third kappa shape index (κ3) is 3.56. The third-order valence-electron chi connectivity index (χ3n) is 3.74. The number of piperidine rings is 1. The number of rotatable bonds is 5. The molecule has 2 N–H and O–H groups in total. The van der Waals surface area contributed by atoms with Crippen LogP contribution >= 0.6 is 0 Å². The second-order valence-corrected chi connectivity index (χ2v) is 5.56. The highest BCUT2D eigenvalue weighted by atomic mass is 16.4. The normalized spacial score (nSPS) is 21.7. The predicted molar refractivity (Wildman–Crippen MR) is 72.4 cm³/mol. The third-order valence-corrected chi connectivity index (χ3v) is 3.74. The van der Waals surface area contributed by atoms with Crippen molar-refractivity contribution in [1.82, 2.24) is 9.88 Å². The molecule has 0 aromatic carbocycles. The van der Waals surface area contributed by atoms with Gasteiger partial charge >= 0.3 is 0 Å². The van der Waals surface area contributed by atoms with E-state index in [9.17, 15) is 0 Å². The van der Waals surface area contributed by atoms with Crippen LogP contribution in [0.15, 0.2) is 10.6 Å². The Balaban J connectivity index is 1.87. The minimum atomic E-state index is 0.624. The monoisotopic (exact) mass is 251 g/mol. The summed E-state index contributed by atoms with van der Waals surface area (Å²) in [7, 11) is 0. The van der Waals surface area contributed by atoms with Gasteiger partial charge in [0.1, 0.15) is 5.76 Å². The summed E-state index contributed by atoms with van der Waals surface area (Å²) in [5.74, 6) is 2.49. The van der Waals surface area contributed by atoms with E-state index >= 15 is 0 Å². The molecule has 1 aliphatic rings. The van der Waals surface area contributed by atoms with Gasteiger partial charge in [0.05, 0.1) is 6.20 Å². The van der Waals surface area contributed by atoms with Crippen molar-refractivity contribution in [2.24, 2.45) is 11.7 Å². The number of likely N-dealkylation sites (tertiary alicyclic amines) is 1. The quantitative estimate of drug-likeness (QED) is 0.867. The van der Waals surface area contributed by atoms with Gasteiger partial charge in [-0.15, -0.1) is 0 Å². The Labute approximate surface area is 110 Å². The summed E-state index contributed by atoms with van der Waals surface area (Å²) >= 11 is 0. The van der Waals surface area contributed by atoms with Crippen LogP contribution < -0.4 is 5.73 Å². The van der Waals surface area contributed by atoms with E-state index in [2.05, 4.69) is 23.7 Å². The lowest BCUT2D eigenvalue weighted by atomic mass is 9.94. The minimum absolute atomic E-state index is 0.624. The molecule has 18 heavy (non-hydrogen) atoms. The van der Waals surface area contributed by atoms with Crippen molar-refractivity contribution in [2.45, 2.75) is 45.6 Å². The molecule has 0 bridgehead atoms. The van der Waals surface area contributed by atoms with Crippen molar-refractivity contribution in [1.29, 1.82) is 0 Å². The van der Waals surface area contributed by atoms with Gasteiger partial charge in [0, 0.05) is 25.4 Å². The van der Waals surface area contributed by atoms with Gasteiger partial charge in [-0.2, -0.15) is 0 Å². The first-order chi connectivity index (χ1) is 8.69. The first-order valence-electron chi connectivity index (χ1n) is 7.06. The van der Waals surface area contributed by atoms with E-state index in [1.807, 2.05) is 6.20 Å². The van der Waals surface area contributed by atoms with Crippen molar-refractivity contribution in [3.05, 3.63) is 17.8 Å². The van der Waals surface area contributed by atoms with E-state index in [0.29, 0.717) is 18.5 Å². The molecule has 1 aliphatic heterocycles. The second kappa shape index (κ2) is 6.34.